The maximum absolute atomic E-state index is 11.9. The van der Waals surface area contributed by atoms with Crippen molar-refractivity contribution in [3.05, 3.63) is 0 Å². The summed E-state index contributed by atoms with van der Waals surface area (Å²) < 4.78 is 25.3. The molecule has 1 N–H and O–H groups in total. The molecule has 32 heavy (non-hydrogen) atoms. The quantitative estimate of drug-likeness (QED) is 0.207. The number of nitrogens with zero attached hydrogens (tertiary/aromatic N) is 1. The number of carbonyl (C=O) groups excluding carboxylic acids is 1. The minimum Gasteiger partial charge on any atom is -0.449 e. The molecular formula is C24H43N2O5P. The highest BCUT2D eigenvalue weighted by Crippen LogP contribution is 2.52. The monoisotopic (exact) mass is 470 g/mol. The van der Waals surface area contributed by atoms with Gasteiger partial charge in [-0.2, -0.15) is 0 Å². The third-order valence-electron chi connectivity index (χ3n) is 5.84. The van der Waals surface area contributed by atoms with E-state index in [0.29, 0.717) is 69.4 Å². The number of fused-ring (bicyclic) bond motifs is 1. The number of hydrogen-bond donors (Lipinski definition) is 1. The van der Waals surface area contributed by atoms with Gasteiger partial charge >= 0.3 is 6.09 Å². The zero-order valence-corrected chi connectivity index (χ0v) is 21.5. The van der Waals surface area contributed by atoms with Gasteiger partial charge in [-0.1, -0.05) is 6.92 Å². The van der Waals surface area contributed by atoms with Crippen LogP contribution in [0, 0.1) is 29.6 Å². The molecule has 0 aromatic heterocycles. The van der Waals surface area contributed by atoms with Crippen LogP contribution in [0.15, 0.2) is 0 Å². The van der Waals surface area contributed by atoms with E-state index in [1.165, 1.54) is 0 Å². The predicted octanol–water partition coefficient (Wildman–Crippen LogP) is 4.96. The van der Waals surface area contributed by atoms with Gasteiger partial charge in [0.2, 0.25) is 0 Å². The Hall–Kier alpha value is -0.900. The van der Waals surface area contributed by atoms with E-state index in [4.69, 9.17) is 18.5 Å². The molecule has 2 aliphatic carbocycles. The maximum atomic E-state index is 11.9. The zero-order chi connectivity index (χ0) is 23.3. The van der Waals surface area contributed by atoms with Crippen molar-refractivity contribution in [3.8, 4) is 11.8 Å². The number of amides is 1. The van der Waals surface area contributed by atoms with E-state index in [2.05, 4.69) is 56.4 Å². The molecule has 0 saturated heterocycles. The normalized spacial score (nSPS) is 23.2. The van der Waals surface area contributed by atoms with Crippen LogP contribution >= 0.6 is 8.53 Å². The van der Waals surface area contributed by atoms with E-state index in [-0.39, 0.29) is 6.09 Å². The average Bonchev–Trinajstić information content (AvgIpc) is 3.37. The van der Waals surface area contributed by atoms with Crippen molar-refractivity contribution >= 4 is 14.6 Å². The maximum Gasteiger partial charge on any atom is 0.407 e. The summed E-state index contributed by atoms with van der Waals surface area (Å²) in [6.07, 6.45) is 4.83. The molecule has 0 bridgehead atoms. The van der Waals surface area contributed by atoms with Gasteiger partial charge in [-0.3, -0.25) is 0 Å². The molecule has 2 rings (SSSR count). The van der Waals surface area contributed by atoms with Crippen LogP contribution in [0.4, 0.5) is 4.79 Å². The summed E-state index contributed by atoms with van der Waals surface area (Å²) in [5.74, 6) is 8.31. The molecule has 1 amide bonds. The minimum absolute atomic E-state index is 0.343. The summed E-state index contributed by atoms with van der Waals surface area (Å²) in [5.41, 5.74) is 0. The van der Waals surface area contributed by atoms with E-state index in [0.717, 1.165) is 32.1 Å². The lowest BCUT2D eigenvalue weighted by molar-refractivity contribution is 0.0862. The van der Waals surface area contributed by atoms with Gasteiger partial charge in [0.05, 0.1) is 33.0 Å². The fraction of sp³-hybridized carbons (Fsp3) is 0.875. The molecule has 0 spiro atoms. The van der Waals surface area contributed by atoms with Crippen LogP contribution in [0.3, 0.4) is 0 Å². The van der Waals surface area contributed by atoms with Gasteiger partial charge in [0.15, 0.2) is 0 Å². The molecule has 1 fully saturated rings. The van der Waals surface area contributed by atoms with Gasteiger partial charge < -0.3 is 23.8 Å². The first-order chi connectivity index (χ1) is 15.5. The van der Waals surface area contributed by atoms with E-state index in [1.54, 1.807) is 0 Å². The van der Waals surface area contributed by atoms with Gasteiger partial charge in [0.1, 0.15) is 0 Å². The molecule has 184 valence electrons. The van der Waals surface area contributed by atoms with Crippen molar-refractivity contribution in [2.75, 3.05) is 39.6 Å². The third kappa shape index (κ3) is 9.53. The summed E-state index contributed by atoms with van der Waals surface area (Å²) in [7, 11) is -1.10. The Bertz CT molecular complexity index is 581. The van der Waals surface area contributed by atoms with Gasteiger partial charge in [-0.05, 0) is 64.7 Å². The Morgan fingerprint density at radius 3 is 2.22 bits per heavy atom. The van der Waals surface area contributed by atoms with Crippen molar-refractivity contribution in [3.63, 3.8) is 0 Å². The largest absolute Gasteiger partial charge is 0.449 e. The standard InChI is InChI=1S/C24H43N2O5P/c1-6-14-30-32(26(19(2)3)20(4)5)31-17-16-28-15-13-25-24(27)29-18-23-21-11-9-7-8-10-12-22(21)23/h19-23H,6,9-18H2,1-5H3,(H,25,27)/t21-,22+,23?,32?. The van der Waals surface area contributed by atoms with Gasteiger partial charge in [-0.25, -0.2) is 9.46 Å². The van der Waals surface area contributed by atoms with Gasteiger partial charge in [0, 0.05) is 31.5 Å². The summed E-state index contributed by atoms with van der Waals surface area (Å²) in [5, 5.41) is 2.77. The minimum atomic E-state index is -1.10. The first-order valence-corrected chi connectivity index (χ1v) is 13.4. The number of hydrogen-bond acceptors (Lipinski definition) is 6. The Kier molecular flexibility index (Phi) is 12.9. The second-order valence-electron chi connectivity index (χ2n) is 9.03. The summed E-state index contributed by atoms with van der Waals surface area (Å²) in [6, 6.07) is 0.687. The Morgan fingerprint density at radius 1 is 1.00 bits per heavy atom. The highest BCUT2D eigenvalue weighted by molar-refractivity contribution is 7.44. The number of alkyl carbamates (subject to hydrolysis) is 1. The van der Waals surface area contributed by atoms with Crippen molar-refractivity contribution in [1.82, 2.24) is 9.99 Å². The SMILES string of the molecule is CCCOP(OCCOCCNC(=O)OCC1[C@H]2CCC#CCC[C@@H]12)N(C(C)C)C(C)C. The molecule has 7 nitrogen and oxygen atoms in total. The molecule has 2 unspecified atom stereocenters. The van der Waals surface area contributed by atoms with E-state index < -0.39 is 8.53 Å². The second kappa shape index (κ2) is 15.1. The Balaban J connectivity index is 1.53. The Labute approximate surface area is 196 Å². The van der Waals surface area contributed by atoms with Crippen LogP contribution in [0.5, 0.6) is 0 Å². The van der Waals surface area contributed by atoms with E-state index in [9.17, 15) is 4.79 Å². The van der Waals surface area contributed by atoms with Crippen LogP contribution in [0.2, 0.25) is 0 Å². The smallest absolute Gasteiger partial charge is 0.407 e. The van der Waals surface area contributed by atoms with Crippen LogP contribution in [0.1, 0.15) is 66.7 Å². The van der Waals surface area contributed by atoms with Crippen LogP contribution in [-0.2, 0) is 18.5 Å². The van der Waals surface area contributed by atoms with Crippen LogP contribution < -0.4 is 5.32 Å². The van der Waals surface area contributed by atoms with E-state index >= 15 is 0 Å². The molecule has 0 aromatic carbocycles. The van der Waals surface area contributed by atoms with Gasteiger partial charge in [-0.15, -0.1) is 11.8 Å². The number of ether oxygens (including phenoxy) is 2. The van der Waals surface area contributed by atoms with Gasteiger partial charge in [0.25, 0.3) is 8.53 Å². The molecule has 4 atom stereocenters. The van der Waals surface area contributed by atoms with Crippen molar-refractivity contribution in [2.24, 2.45) is 17.8 Å². The summed E-state index contributed by atoms with van der Waals surface area (Å²) in [4.78, 5) is 11.9. The molecule has 1 saturated carbocycles. The predicted molar refractivity (Wildman–Crippen MR) is 128 cm³/mol. The lowest BCUT2D eigenvalue weighted by Gasteiger charge is -2.35. The molecule has 8 heteroatoms. The molecule has 0 radical (unpaired) electrons. The fourth-order valence-electron chi connectivity index (χ4n) is 4.32. The van der Waals surface area contributed by atoms with Crippen molar-refractivity contribution in [2.45, 2.75) is 78.8 Å². The van der Waals surface area contributed by atoms with Crippen LogP contribution in [-0.4, -0.2) is 62.4 Å². The Morgan fingerprint density at radius 2 is 1.62 bits per heavy atom. The second-order valence-corrected chi connectivity index (χ2v) is 10.5. The van der Waals surface area contributed by atoms with Crippen LogP contribution in [0.25, 0.3) is 0 Å². The molecule has 0 aliphatic heterocycles. The first-order valence-electron chi connectivity index (χ1n) is 12.2. The lowest BCUT2D eigenvalue weighted by Crippen LogP contribution is -2.34. The first kappa shape index (κ1) is 27.3. The number of carbonyl (C=O) groups is 1. The number of rotatable bonds is 15. The fourth-order valence-corrected chi connectivity index (χ4v) is 5.99. The molecular weight excluding hydrogens is 427 g/mol. The highest BCUT2D eigenvalue weighted by Gasteiger charge is 2.49. The van der Waals surface area contributed by atoms with E-state index in [1.807, 2.05) is 0 Å². The zero-order valence-electron chi connectivity index (χ0n) is 20.6. The number of nitrogens with one attached hydrogen (secondary N) is 1. The van der Waals surface area contributed by atoms with Crippen molar-refractivity contribution in [1.29, 1.82) is 0 Å². The molecule has 0 heterocycles. The molecule has 0 aromatic rings. The summed E-state index contributed by atoms with van der Waals surface area (Å²) >= 11 is 0. The lowest BCUT2D eigenvalue weighted by atomic mass is 10.1. The molecule has 2 aliphatic rings. The average molecular weight is 471 g/mol. The third-order valence-corrected chi connectivity index (χ3v) is 7.95. The highest BCUT2D eigenvalue weighted by atomic mass is 31.2. The summed E-state index contributed by atoms with van der Waals surface area (Å²) in [6.45, 7) is 13.7. The van der Waals surface area contributed by atoms with Crippen molar-refractivity contribution < 1.29 is 23.3 Å². The topological polar surface area (TPSA) is 69.3 Å².